The average molecular weight is 879 g/mol. The molecule has 0 aliphatic heterocycles. The first kappa shape index (κ1) is 34.2. The van der Waals surface area contributed by atoms with Crippen molar-refractivity contribution in [3.8, 4) is 22.6 Å². The van der Waals surface area contributed by atoms with Gasteiger partial charge in [0.1, 0.15) is 5.82 Å². The molecule has 0 radical (unpaired) electrons. The maximum absolute atomic E-state index is 4.96. The van der Waals surface area contributed by atoms with Gasteiger partial charge in [-0.1, -0.05) is 92.2 Å². The van der Waals surface area contributed by atoms with E-state index in [1.165, 1.54) is 38.7 Å². The van der Waals surface area contributed by atoms with Crippen molar-refractivity contribution in [3.63, 3.8) is 0 Å². The first-order valence-electron chi connectivity index (χ1n) is 18.6. The van der Waals surface area contributed by atoms with Gasteiger partial charge in [-0.05, 0) is 83.3 Å². The van der Waals surface area contributed by atoms with Crippen LogP contribution in [0.2, 0.25) is 0 Å². The Morgan fingerprint density at radius 2 is 1.26 bits per heavy atom. The van der Waals surface area contributed by atoms with E-state index in [9.17, 15) is 0 Å². The van der Waals surface area contributed by atoms with Gasteiger partial charge in [-0.2, -0.15) is 30.3 Å². The number of rotatable bonds is 6. The van der Waals surface area contributed by atoms with Crippen LogP contribution in [0.5, 0.6) is 0 Å². The van der Waals surface area contributed by atoms with Gasteiger partial charge in [0, 0.05) is 56.0 Å². The molecule has 3 heterocycles. The molecule has 0 atom stereocenters. The van der Waals surface area contributed by atoms with Crippen LogP contribution in [0.25, 0.3) is 55.5 Å². The number of hydrogen-bond donors (Lipinski definition) is 0. The molecule has 0 unspecified atom stereocenters. The van der Waals surface area contributed by atoms with E-state index in [1.54, 1.807) is 0 Å². The van der Waals surface area contributed by atoms with Crippen LogP contribution in [0.4, 0.5) is 0 Å². The van der Waals surface area contributed by atoms with Crippen molar-refractivity contribution < 1.29 is 21.1 Å². The Labute approximate surface area is 330 Å². The summed E-state index contributed by atoms with van der Waals surface area (Å²) in [6.45, 7) is 8.94. The van der Waals surface area contributed by atoms with Crippen molar-refractivity contribution in [3.05, 3.63) is 192 Å². The summed E-state index contributed by atoms with van der Waals surface area (Å²) in [5.41, 5.74) is 13.2. The van der Waals surface area contributed by atoms with Gasteiger partial charge in [0.2, 0.25) is 0 Å². The summed E-state index contributed by atoms with van der Waals surface area (Å²) in [6, 6.07) is 59.1. The second kappa shape index (κ2) is 13.1. The van der Waals surface area contributed by atoms with E-state index in [2.05, 4.69) is 199 Å². The molecular formula is C49H39N4Pt-. The molecule has 0 saturated carbocycles. The zero-order chi connectivity index (χ0) is 35.8. The van der Waals surface area contributed by atoms with Gasteiger partial charge in [-0.15, -0.1) is 22.6 Å². The summed E-state index contributed by atoms with van der Waals surface area (Å²) in [5, 5.41) is 2.35. The van der Waals surface area contributed by atoms with E-state index in [0.29, 0.717) is 12.0 Å². The van der Waals surface area contributed by atoms with Gasteiger partial charge in [-0.3, -0.25) is 0 Å². The number of para-hydroxylation sites is 3. The van der Waals surface area contributed by atoms with Crippen LogP contribution >= 0.6 is 0 Å². The number of aromatic nitrogens is 4. The number of imidazole rings is 1. The van der Waals surface area contributed by atoms with Crippen molar-refractivity contribution in [1.29, 1.82) is 0 Å². The minimum Gasteiger partial charge on any atom is -0.319 e. The van der Waals surface area contributed by atoms with E-state index in [0.717, 1.165) is 44.6 Å². The summed E-state index contributed by atoms with van der Waals surface area (Å²) < 4.78 is 6.93. The summed E-state index contributed by atoms with van der Waals surface area (Å²) in [4.78, 5) is 4.96. The van der Waals surface area contributed by atoms with Gasteiger partial charge < -0.3 is 4.57 Å². The maximum Gasteiger partial charge on any atom is 0.188 e. The van der Waals surface area contributed by atoms with E-state index >= 15 is 0 Å². The number of benzene rings is 6. The first-order chi connectivity index (χ1) is 25.9. The van der Waals surface area contributed by atoms with E-state index in [4.69, 9.17) is 4.98 Å². The fourth-order valence-corrected chi connectivity index (χ4v) is 8.78. The Hall–Kier alpha value is -5.57. The van der Waals surface area contributed by atoms with E-state index in [1.807, 2.05) is 6.20 Å². The molecule has 1 aliphatic carbocycles. The Morgan fingerprint density at radius 1 is 0.611 bits per heavy atom. The second-order valence-electron chi connectivity index (χ2n) is 14.9. The Balaban J connectivity index is 0.00000384. The zero-order valence-corrected chi connectivity index (χ0v) is 33.0. The molecule has 9 aromatic rings. The van der Waals surface area contributed by atoms with Crippen molar-refractivity contribution in [2.45, 2.75) is 45.1 Å². The van der Waals surface area contributed by atoms with Gasteiger partial charge in [0.25, 0.3) is 0 Å². The van der Waals surface area contributed by atoms with Crippen molar-refractivity contribution in [1.82, 2.24) is 18.7 Å². The van der Waals surface area contributed by atoms with Gasteiger partial charge in [0.15, 0.2) is 17.4 Å². The van der Waals surface area contributed by atoms with Crippen LogP contribution in [0.3, 0.4) is 0 Å². The molecule has 5 heteroatoms. The molecule has 266 valence electrons. The normalized spacial score (nSPS) is 13.1. The molecule has 0 amide bonds. The summed E-state index contributed by atoms with van der Waals surface area (Å²) in [6.07, 6.45) is 4.16. The van der Waals surface area contributed by atoms with Crippen LogP contribution in [-0.2, 0) is 26.5 Å². The summed E-state index contributed by atoms with van der Waals surface area (Å²) in [5.74, 6) is 1.29. The van der Waals surface area contributed by atoms with Gasteiger partial charge in [-0.25, -0.2) is 14.1 Å². The molecule has 10 rings (SSSR count). The molecule has 54 heavy (non-hydrogen) atoms. The van der Waals surface area contributed by atoms with E-state index in [-0.39, 0.29) is 21.1 Å². The monoisotopic (exact) mass is 878 g/mol. The maximum atomic E-state index is 4.96. The Bertz CT molecular complexity index is 2830. The fraction of sp³-hybridized carbons (Fsp3) is 0.143. The van der Waals surface area contributed by atoms with Crippen LogP contribution in [0, 0.1) is 12.1 Å². The molecule has 1 aliphatic rings. The molecule has 0 saturated heterocycles. The fourth-order valence-electron chi connectivity index (χ4n) is 8.78. The molecule has 0 N–H and O–H groups in total. The second-order valence-corrected chi connectivity index (χ2v) is 14.9. The molecule has 3 aromatic heterocycles. The van der Waals surface area contributed by atoms with Gasteiger partial charge in [0.05, 0.1) is 6.04 Å². The van der Waals surface area contributed by atoms with Crippen LogP contribution in [0.15, 0.2) is 152 Å². The standard InChI is InChI=1S/C49H39N4.Pt/c1-32(2)34-26-27-50-48(28-34)53-44-21-10-7-18-40(44)41-25-24-36(30-47(41)53)49(42-19-8-5-16-38(42)39-17-6-9-20-43(39)49)35-14-13-15-37(29-35)52-31-51(33(3)4)45-22-11-12-23-46(45)52;/h5-28,31-33H,1-4H3;/q-1;. The van der Waals surface area contributed by atoms with Gasteiger partial charge >= 0.3 is 0 Å². The average Bonchev–Trinajstić information content (AvgIpc) is 3.85. The topological polar surface area (TPSA) is 27.7 Å². The molecule has 0 fully saturated rings. The molecule has 0 bridgehead atoms. The Morgan fingerprint density at radius 3 is 1.98 bits per heavy atom. The number of fused-ring (bicyclic) bond motifs is 7. The number of nitrogens with zero attached hydrogens (tertiary/aromatic N) is 4. The molecule has 4 nitrogen and oxygen atoms in total. The van der Waals surface area contributed by atoms with Crippen molar-refractivity contribution in [2.24, 2.45) is 0 Å². The first-order valence-corrected chi connectivity index (χ1v) is 18.6. The molecule has 0 spiro atoms. The third-order valence-corrected chi connectivity index (χ3v) is 11.3. The zero-order valence-electron chi connectivity index (χ0n) is 30.7. The van der Waals surface area contributed by atoms with Crippen LogP contribution < -0.4 is 0 Å². The smallest absolute Gasteiger partial charge is 0.188 e. The van der Waals surface area contributed by atoms with Crippen LogP contribution in [-0.4, -0.2) is 18.7 Å². The molecule has 6 aromatic carbocycles. The van der Waals surface area contributed by atoms with Crippen LogP contribution in [0.1, 0.15) is 67.5 Å². The third kappa shape index (κ3) is 4.93. The predicted octanol–water partition coefficient (Wildman–Crippen LogP) is 11.9. The quantitative estimate of drug-likeness (QED) is 0.153. The van der Waals surface area contributed by atoms with Crippen molar-refractivity contribution >= 4 is 32.8 Å². The number of pyridine rings is 1. The number of hydrogen-bond acceptors (Lipinski definition) is 1. The van der Waals surface area contributed by atoms with E-state index < -0.39 is 5.41 Å². The minimum atomic E-state index is -0.678. The molecular weight excluding hydrogens is 840 g/mol. The summed E-state index contributed by atoms with van der Waals surface area (Å²) in [7, 11) is 0. The summed E-state index contributed by atoms with van der Waals surface area (Å²) >= 11 is 0. The van der Waals surface area contributed by atoms with Crippen molar-refractivity contribution in [2.75, 3.05) is 0 Å². The minimum absolute atomic E-state index is 0. The SMILES string of the molecule is CC(C)c1ccnc(-n2c3[c-]c(C4(c5[c-]c(-n6[cH+]n(C(C)C)c7ccccc76)ccc5)c5ccccc5-c5ccccc54)ccc3c3ccccc32)c1.[Pt]. The third-order valence-electron chi connectivity index (χ3n) is 11.3. The predicted molar refractivity (Wildman–Crippen MR) is 217 cm³/mol. The Kier molecular flexibility index (Phi) is 8.28. The largest absolute Gasteiger partial charge is 0.319 e.